The van der Waals surface area contributed by atoms with Crippen molar-refractivity contribution < 1.29 is 19.0 Å². The summed E-state index contributed by atoms with van der Waals surface area (Å²) in [7, 11) is 0. The Labute approximate surface area is 199 Å². The third-order valence-electron chi connectivity index (χ3n) is 6.20. The average Bonchev–Trinajstić information content (AvgIpc) is 3.53. The van der Waals surface area contributed by atoms with Crippen molar-refractivity contribution >= 4 is 17.2 Å². The molecule has 5 rings (SSSR count). The van der Waals surface area contributed by atoms with Crippen LogP contribution in [0.4, 0.5) is 4.39 Å². The van der Waals surface area contributed by atoms with Crippen molar-refractivity contribution in [2.75, 3.05) is 19.8 Å². The van der Waals surface area contributed by atoms with E-state index >= 15 is 0 Å². The molecule has 1 saturated carbocycles. The predicted molar refractivity (Wildman–Crippen MR) is 125 cm³/mol. The molecule has 3 aromatic rings. The van der Waals surface area contributed by atoms with Crippen LogP contribution in [0.1, 0.15) is 40.8 Å². The number of hydrogen-bond donors (Lipinski definition) is 1. The monoisotopic (exact) mass is 484 g/mol. The second kappa shape index (κ2) is 9.27. The molecule has 0 saturated heterocycles. The molecule has 2 aliphatic rings. The summed E-state index contributed by atoms with van der Waals surface area (Å²) in [5.41, 5.74) is 0.439. The maximum Gasteiger partial charge on any atom is 0.274 e. The first kappa shape index (κ1) is 22.7. The Morgan fingerprint density at radius 1 is 1.21 bits per heavy atom. The van der Waals surface area contributed by atoms with Crippen molar-refractivity contribution in [3.8, 4) is 16.3 Å². The number of halogens is 1. The Bertz CT molecular complexity index is 1270. The van der Waals surface area contributed by atoms with E-state index in [9.17, 15) is 19.1 Å². The highest BCUT2D eigenvalue weighted by Crippen LogP contribution is 2.34. The number of benzene rings is 1. The highest BCUT2D eigenvalue weighted by Gasteiger charge is 2.38. The summed E-state index contributed by atoms with van der Waals surface area (Å²) in [6, 6.07) is 5.93. The Hall–Kier alpha value is -3.11. The number of hydrogen-bond acceptors (Lipinski definition) is 7. The molecule has 0 spiro atoms. The Morgan fingerprint density at radius 2 is 1.97 bits per heavy atom. The molecular weight excluding hydrogens is 459 g/mol. The van der Waals surface area contributed by atoms with Gasteiger partial charge in [0.25, 0.3) is 5.91 Å². The first-order valence-electron chi connectivity index (χ1n) is 11.4. The molecule has 0 unspecified atom stereocenters. The fourth-order valence-electron chi connectivity index (χ4n) is 4.22. The molecule has 1 aliphatic carbocycles. The lowest BCUT2D eigenvalue weighted by atomic mass is 10.1. The lowest BCUT2D eigenvalue weighted by Crippen LogP contribution is -2.51. The lowest BCUT2D eigenvalue weighted by molar-refractivity contribution is 0.0310. The first-order valence-corrected chi connectivity index (χ1v) is 12.2. The van der Waals surface area contributed by atoms with Gasteiger partial charge in [-0.3, -0.25) is 9.59 Å². The van der Waals surface area contributed by atoms with Crippen LogP contribution < -0.4 is 5.43 Å². The minimum atomic E-state index is -0.640. The summed E-state index contributed by atoms with van der Waals surface area (Å²) in [4.78, 5) is 28.1. The number of aromatic nitrogens is 3. The molecule has 0 radical (unpaired) electrons. The highest BCUT2D eigenvalue weighted by molar-refractivity contribution is 7.14. The van der Waals surface area contributed by atoms with Crippen LogP contribution in [0.25, 0.3) is 10.6 Å². The van der Waals surface area contributed by atoms with Crippen molar-refractivity contribution in [3.05, 3.63) is 62.8 Å². The van der Waals surface area contributed by atoms with Crippen molar-refractivity contribution in [2.24, 2.45) is 5.92 Å². The summed E-state index contributed by atoms with van der Waals surface area (Å²) >= 11 is 1.23. The number of aromatic hydroxyl groups is 1. The third-order valence-corrected chi connectivity index (χ3v) is 7.16. The van der Waals surface area contributed by atoms with Gasteiger partial charge in [0.1, 0.15) is 10.8 Å². The van der Waals surface area contributed by atoms with E-state index in [1.165, 1.54) is 23.5 Å². The topological polar surface area (TPSA) is 97.5 Å². The van der Waals surface area contributed by atoms with Crippen molar-refractivity contribution in [2.45, 2.75) is 38.8 Å². The van der Waals surface area contributed by atoms with Gasteiger partial charge < -0.3 is 19.3 Å². The SMILES string of the molecule is CCOC[C@@H]1Cn2cc(-c3nnc(Cc4ccc(F)cc4)s3)c(=O)c(O)c2C(=O)N1CC1CC1. The zero-order valence-electron chi connectivity index (χ0n) is 18.7. The molecule has 1 N–H and O–H groups in total. The summed E-state index contributed by atoms with van der Waals surface area (Å²) in [6.07, 6.45) is 4.20. The summed E-state index contributed by atoms with van der Waals surface area (Å²) in [6.45, 7) is 3.85. The molecule has 0 bridgehead atoms. The van der Waals surface area contributed by atoms with E-state index in [4.69, 9.17) is 4.74 Å². The number of pyridine rings is 1. The maximum absolute atomic E-state index is 13.3. The lowest BCUT2D eigenvalue weighted by Gasteiger charge is -2.37. The third kappa shape index (κ3) is 4.47. The minimum Gasteiger partial charge on any atom is -0.503 e. The van der Waals surface area contributed by atoms with Crippen LogP contribution in [-0.2, 0) is 17.7 Å². The number of ether oxygens (including phenoxy) is 1. The quantitative estimate of drug-likeness (QED) is 0.528. The van der Waals surface area contributed by atoms with E-state index in [1.54, 1.807) is 27.8 Å². The number of nitrogens with zero attached hydrogens (tertiary/aromatic N) is 4. The molecule has 8 nitrogen and oxygen atoms in total. The van der Waals surface area contributed by atoms with Gasteiger partial charge in [-0.25, -0.2) is 4.39 Å². The molecule has 178 valence electrons. The van der Waals surface area contributed by atoms with Crippen LogP contribution in [0.3, 0.4) is 0 Å². The molecule has 1 atom stereocenters. The predicted octanol–water partition coefficient (Wildman–Crippen LogP) is 3.07. The van der Waals surface area contributed by atoms with Gasteiger partial charge in [-0.15, -0.1) is 10.2 Å². The van der Waals surface area contributed by atoms with Gasteiger partial charge in [-0.1, -0.05) is 23.5 Å². The van der Waals surface area contributed by atoms with E-state index < -0.39 is 11.2 Å². The van der Waals surface area contributed by atoms with Crippen LogP contribution in [0, 0.1) is 11.7 Å². The van der Waals surface area contributed by atoms with Crippen molar-refractivity contribution in [1.29, 1.82) is 0 Å². The molecule has 1 fully saturated rings. The number of carbonyl (C=O) groups is 1. The smallest absolute Gasteiger partial charge is 0.274 e. The Morgan fingerprint density at radius 3 is 2.68 bits per heavy atom. The van der Waals surface area contributed by atoms with Gasteiger partial charge in [-0.05, 0) is 43.4 Å². The van der Waals surface area contributed by atoms with Gasteiger partial charge in [0.2, 0.25) is 5.43 Å². The fourth-order valence-corrected chi connectivity index (χ4v) is 5.10. The van der Waals surface area contributed by atoms with E-state index in [1.807, 2.05) is 6.92 Å². The van der Waals surface area contributed by atoms with Gasteiger partial charge in [0.15, 0.2) is 16.5 Å². The van der Waals surface area contributed by atoms with Gasteiger partial charge in [0.05, 0.1) is 18.2 Å². The van der Waals surface area contributed by atoms with Crippen molar-refractivity contribution in [3.63, 3.8) is 0 Å². The second-order valence-electron chi connectivity index (χ2n) is 8.74. The number of fused-ring (bicyclic) bond motifs is 1. The van der Waals surface area contributed by atoms with Crippen LogP contribution in [0.2, 0.25) is 0 Å². The largest absolute Gasteiger partial charge is 0.503 e. The molecule has 2 aromatic heterocycles. The summed E-state index contributed by atoms with van der Waals surface area (Å²) in [5.74, 6) is -0.757. The van der Waals surface area contributed by atoms with Crippen LogP contribution in [-0.4, -0.2) is 56.5 Å². The molecular formula is C24H25FN4O4S. The van der Waals surface area contributed by atoms with E-state index in [0.29, 0.717) is 48.7 Å². The minimum absolute atomic E-state index is 0.0122. The van der Waals surface area contributed by atoms with E-state index in [2.05, 4.69) is 10.2 Å². The van der Waals surface area contributed by atoms with Crippen LogP contribution >= 0.6 is 11.3 Å². The standard InChI is InChI=1S/C24H25FN4O4S/c1-2-33-13-17-11-28-12-18(21(30)22(31)20(28)24(32)29(17)10-15-3-4-15)23-27-26-19(34-23)9-14-5-7-16(25)8-6-14/h5-8,12,15,17,31H,2-4,9-11,13H2,1H3/t17-/m0/s1. The Kier molecular flexibility index (Phi) is 6.18. The molecule has 1 aliphatic heterocycles. The van der Waals surface area contributed by atoms with Crippen LogP contribution in [0.5, 0.6) is 5.75 Å². The molecule has 34 heavy (non-hydrogen) atoms. The second-order valence-corrected chi connectivity index (χ2v) is 9.80. The zero-order chi connectivity index (χ0) is 23.8. The van der Waals surface area contributed by atoms with Gasteiger partial charge in [-0.2, -0.15) is 0 Å². The highest BCUT2D eigenvalue weighted by atomic mass is 32.1. The Balaban J connectivity index is 1.46. The normalized spacial score (nSPS) is 17.8. The summed E-state index contributed by atoms with van der Waals surface area (Å²) < 4.78 is 20.4. The molecule has 3 heterocycles. The van der Waals surface area contributed by atoms with E-state index in [-0.39, 0.29) is 29.0 Å². The molecule has 1 aromatic carbocycles. The van der Waals surface area contributed by atoms with Crippen LogP contribution in [0.15, 0.2) is 35.3 Å². The number of rotatable bonds is 8. The average molecular weight is 485 g/mol. The fraction of sp³-hybridized carbons (Fsp3) is 0.417. The van der Waals surface area contributed by atoms with Crippen molar-refractivity contribution in [1.82, 2.24) is 19.7 Å². The number of amides is 1. The molecule has 10 heteroatoms. The van der Waals surface area contributed by atoms with Gasteiger partial charge >= 0.3 is 0 Å². The van der Waals surface area contributed by atoms with E-state index in [0.717, 1.165) is 18.4 Å². The number of carbonyl (C=O) groups excluding carboxylic acids is 1. The summed E-state index contributed by atoms with van der Waals surface area (Å²) in [5, 5.41) is 20.1. The zero-order valence-corrected chi connectivity index (χ0v) is 19.6. The first-order chi connectivity index (χ1) is 16.4. The van der Waals surface area contributed by atoms with Gasteiger partial charge in [0, 0.05) is 32.3 Å². The maximum atomic E-state index is 13.3. The molecule has 1 amide bonds.